The van der Waals surface area contributed by atoms with Crippen molar-refractivity contribution in [1.82, 2.24) is 0 Å². The van der Waals surface area contributed by atoms with Gasteiger partial charge in [-0.05, 0) is 6.42 Å². The van der Waals surface area contributed by atoms with Crippen LogP contribution in [0.5, 0.6) is 0 Å². The van der Waals surface area contributed by atoms with E-state index >= 15 is 0 Å². The average molecular weight is 251 g/mol. The SMILES string of the molecule is CCC/C=C/C(O)C(Br)C(=O)OC. The van der Waals surface area contributed by atoms with Crippen molar-refractivity contribution in [2.24, 2.45) is 0 Å². The minimum absolute atomic E-state index is 0.464. The highest BCUT2D eigenvalue weighted by atomic mass is 79.9. The Bertz CT molecular complexity index is 180. The molecule has 4 heteroatoms. The minimum Gasteiger partial charge on any atom is -0.468 e. The summed E-state index contributed by atoms with van der Waals surface area (Å²) in [6.07, 6.45) is 4.55. The van der Waals surface area contributed by atoms with Crippen molar-refractivity contribution in [3.8, 4) is 0 Å². The summed E-state index contributed by atoms with van der Waals surface area (Å²) in [4.78, 5) is 10.2. The summed E-state index contributed by atoms with van der Waals surface area (Å²) in [5.41, 5.74) is 0. The standard InChI is InChI=1S/C9H15BrO3/c1-3-4-5-6-7(11)8(10)9(12)13-2/h5-8,11H,3-4H2,1-2H3/b6-5+. The van der Waals surface area contributed by atoms with Gasteiger partial charge in [0.15, 0.2) is 0 Å². The molecule has 0 aromatic heterocycles. The van der Waals surface area contributed by atoms with Crippen LogP contribution in [-0.4, -0.2) is 29.1 Å². The van der Waals surface area contributed by atoms with E-state index in [1.807, 2.05) is 13.0 Å². The van der Waals surface area contributed by atoms with Gasteiger partial charge < -0.3 is 9.84 Å². The molecule has 2 unspecified atom stereocenters. The van der Waals surface area contributed by atoms with Crippen molar-refractivity contribution in [3.05, 3.63) is 12.2 Å². The molecule has 0 bridgehead atoms. The number of unbranched alkanes of at least 4 members (excludes halogenated alkanes) is 1. The van der Waals surface area contributed by atoms with Crippen molar-refractivity contribution in [3.63, 3.8) is 0 Å². The number of aliphatic hydroxyl groups is 1. The molecule has 2 atom stereocenters. The van der Waals surface area contributed by atoms with Gasteiger partial charge in [-0.2, -0.15) is 0 Å². The predicted octanol–water partition coefficient (Wildman–Crippen LogP) is 1.64. The van der Waals surface area contributed by atoms with Gasteiger partial charge in [-0.1, -0.05) is 41.4 Å². The summed E-state index contributed by atoms with van der Waals surface area (Å²) in [6.45, 7) is 2.04. The third-order valence-electron chi connectivity index (χ3n) is 1.51. The fourth-order valence-corrected chi connectivity index (χ4v) is 1.12. The maximum absolute atomic E-state index is 10.9. The third-order valence-corrected chi connectivity index (χ3v) is 2.43. The maximum Gasteiger partial charge on any atom is 0.322 e. The molecule has 3 nitrogen and oxygen atoms in total. The van der Waals surface area contributed by atoms with Gasteiger partial charge in [-0.3, -0.25) is 4.79 Å². The van der Waals surface area contributed by atoms with Crippen LogP contribution in [0.2, 0.25) is 0 Å². The first-order chi connectivity index (χ1) is 6.13. The van der Waals surface area contributed by atoms with Gasteiger partial charge in [-0.25, -0.2) is 0 Å². The second-order valence-electron chi connectivity index (χ2n) is 2.63. The van der Waals surface area contributed by atoms with E-state index < -0.39 is 16.9 Å². The molecule has 0 aromatic carbocycles. The molecule has 0 amide bonds. The first-order valence-corrected chi connectivity index (χ1v) is 5.11. The minimum atomic E-state index is -0.820. The highest BCUT2D eigenvalue weighted by molar-refractivity contribution is 9.10. The molecule has 0 spiro atoms. The van der Waals surface area contributed by atoms with Crippen LogP contribution in [0.3, 0.4) is 0 Å². The van der Waals surface area contributed by atoms with Crippen LogP contribution in [0, 0.1) is 0 Å². The van der Waals surface area contributed by atoms with Crippen molar-refractivity contribution in [1.29, 1.82) is 0 Å². The number of halogens is 1. The Hall–Kier alpha value is -0.350. The number of carbonyl (C=O) groups excluding carboxylic acids is 1. The maximum atomic E-state index is 10.9. The molecule has 0 heterocycles. The van der Waals surface area contributed by atoms with E-state index in [2.05, 4.69) is 20.7 Å². The molecular weight excluding hydrogens is 236 g/mol. The van der Waals surface area contributed by atoms with Crippen molar-refractivity contribution < 1.29 is 14.6 Å². The van der Waals surface area contributed by atoms with Gasteiger partial charge in [-0.15, -0.1) is 0 Å². The van der Waals surface area contributed by atoms with Gasteiger partial charge in [0, 0.05) is 0 Å². The third kappa shape index (κ3) is 5.05. The number of allylic oxidation sites excluding steroid dienone is 1. The van der Waals surface area contributed by atoms with Gasteiger partial charge in [0.05, 0.1) is 13.2 Å². The number of aliphatic hydroxyl groups excluding tert-OH is 1. The number of carbonyl (C=O) groups is 1. The number of hydrogen-bond acceptors (Lipinski definition) is 3. The number of methoxy groups -OCH3 is 1. The molecule has 0 fully saturated rings. The highest BCUT2D eigenvalue weighted by Crippen LogP contribution is 2.09. The van der Waals surface area contributed by atoms with Gasteiger partial charge in [0.1, 0.15) is 4.83 Å². The molecule has 1 N–H and O–H groups in total. The van der Waals surface area contributed by atoms with E-state index in [4.69, 9.17) is 0 Å². The van der Waals surface area contributed by atoms with Crippen LogP contribution >= 0.6 is 15.9 Å². The Labute approximate surface area is 86.9 Å². The number of esters is 1. The molecule has 0 aliphatic heterocycles. The molecule has 13 heavy (non-hydrogen) atoms. The smallest absolute Gasteiger partial charge is 0.322 e. The van der Waals surface area contributed by atoms with Crippen LogP contribution < -0.4 is 0 Å². The molecule has 0 aromatic rings. The van der Waals surface area contributed by atoms with E-state index in [1.165, 1.54) is 7.11 Å². The zero-order chi connectivity index (χ0) is 10.3. The Kier molecular flexibility index (Phi) is 6.90. The molecule has 76 valence electrons. The Balaban J connectivity index is 3.94. The van der Waals surface area contributed by atoms with E-state index in [1.54, 1.807) is 6.08 Å². The fourth-order valence-electron chi connectivity index (χ4n) is 0.752. The Morgan fingerprint density at radius 3 is 2.77 bits per heavy atom. The summed E-state index contributed by atoms with van der Waals surface area (Å²) in [5.74, 6) is -0.464. The molecule has 0 saturated carbocycles. The first kappa shape index (κ1) is 12.7. The van der Waals surface area contributed by atoms with Crippen LogP contribution in [0.25, 0.3) is 0 Å². The van der Waals surface area contributed by atoms with Crippen molar-refractivity contribution in [2.45, 2.75) is 30.7 Å². The van der Waals surface area contributed by atoms with Gasteiger partial charge in [0.25, 0.3) is 0 Å². The zero-order valence-corrected chi connectivity index (χ0v) is 9.45. The molecule has 0 aliphatic rings. The second-order valence-corrected chi connectivity index (χ2v) is 3.62. The van der Waals surface area contributed by atoms with Gasteiger partial charge in [0.2, 0.25) is 0 Å². The Morgan fingerprint density at radius 2 is 2.31 bits per heavy atom. The van der Waals surface area contributed by atoms with Crippen LogP contribution in [-0.2, 0) is 9.53 Å². The predicted molar refractivity (Wildman–Crippen MR) is 54.8 cm³/mol. The number of rotatable bonds is 5. The quantitative estimate of drug-likeness (QED) is 0.459. The lowest BCUT2D eigenvalue weighted by molar-refractivity contribution is -0.141. The summed E-state index contributed by atoms with van der Waals surface area (Å²) < 4.78 is 4.46. The summed E-state index contributed by atoms with van der Waals surface area (Å²) >= 11 is 3.05. The van der Waals surface area contributed by atoms with Crippen molar-refractivity contribution in [2.75, 3.05) is 7.11 Å². The van der Waals surface area contributed by atoms with E-state index in [0.717, 1.165) is 12.8 Å². The second kappa shape index (κ2) is 7.09. The number of alkyl halides is 1. The van der Waals surface area contributed by atoms with Crippen LogP contribution in [0.1, 0.15) is 19.8 Å². The van der Waals surface area contributed by atoms with E-state index in [0.29, 0.717) is 0 Å². The highest BCUT2D eigenvalue weighted by Gasteiger charge is 2.21. The topological polar surface area (TPSA) is 46.5 Å². The summed E-state index contributed by atoms with van der Waals surface area (Å²) in [6, 6.07) is 0. The average Bonchev–Trinajstić information content (AvgIpc) is 2.15. The lowest BCUT2D eigenvalue weighted by Gasteiger charge is -2.10. The summed E-state index contributed by atoms with van der Waals surface area (Å²) in [5, 5.41) is 9.41. The van der Waals surface area contributed by atoms with E-state index in [-0.39, 0.29) is 0 Å². The molecule has 0 rings (SSSR count). The Morgan fingerprint density at radius 1 is 1.69 bits per heavy atom. The lowest BCUT2D eigenvalue weighted by atomic mass is 10.2. The van der Waals surface area contributed by atoms with Crippen LogP contribution in [0.4, 0.5) is 0 Å². The normalized spacial score (nSPS) is 15.7. The fraction of sp³-hybridized carbons (Fsp3) is 0.667. The number of ether oxygens (including phenoxy) is 1. The molecule has 0 aliphatic carbocycles. The van der Waals surface area contributed by atoms with Crippen molar-refractivity contribution >= 4 is 21.9 Å². The first-order valence-electron chi connectivity index (χ1n) is 4.20. The summed E-state index contributed by atoms with van der Waals surface area (Å²) in [7, 11) is 1.29. The molecular formula is C9H15BrO3. The zero-order valence-electron chi connectivity index (χ0n) is 7.87. The number of hydrogen-bond donors (Lipinski definition) is 1. The molecule has 0 radical (unpaired) electrons. The monoisotopic (exact) mass is 250 g/mol. The van der Waals surface area contributed by atoms with Gasteiger partial charge >= 0.3 is 5.97 Å². The lowest BCUT2D eigenvalue weighted by Crippen LogP contribution is -2.27. The van der Waals surface area contributed by atoms with Crippen LogP contribution in [0.15, 0.2) is 12.2 Å². The molecule has 0 saturated heterocycles. The van der Waals surface area contributed by atoms with E-state index in [9.17, 15) is 9.90 Å². The largest absolute Gasteiger partial charge is 0.468 e.